The average molecular weight is 257 g/mol. The summed E-state index contributed by atoms with van der Waals surface area (Å²) in [7, 11) is 0. The van der Waals surface area contributed by atoms with Crippen molar-refractivity contribution in [3.63, 3.8) is 0 Å². The van der Waals surface area contributed by atoms with Crippen LogP contribution in [0.15, 0.2) is 12.1 Å². The third kappa shape index (κ3) is 3.83. The van der Waals surface area contributed by atoms with Gasteiger partial charge in [-0.3, -0.25) is 15.6 Å². The molecule has 17 heavy (non-hydrogen) atoms. The van der Waals surface area contributed by atoms with Crippen molar-refractivity contribution in [2.24, 2.45) is 0 Å². The molecule has 0 aromatic carbocycles. The number of nitrogens with one attached hydrogen (secondary N) is 2. The molecule has 1 unspecified atom stereocenters. The van der Waals surface area contributed by atoms with Crippen LogP contribution >= 0.6 is 11.6 Å². The molecule has 2 heterocycles. The molecule has 7 heteroatoms. The molecule has 1 aromatic heterocycles. The molecule has 2 N–H and O–H groups in total. The maximum Gasteiger partial charge on any atom is 0.240 e. The van der Waals surface area contributed by atoms with Gasteiger partial charge in [0, 0.05) is 6.61 Å². The highest BCUT2D eigenvalue weighted by molar-refractivity contribution is 6.29. The van der Waals surface area contributed by atoms with Gasteiger partial charge in [-0.2, -0.15) is 0 Å². The highest BCUT2D eigenvalue weighted by Gasteiger charge is 2.18. The smallest absolute Gasteiger partial charge is 0.240 e. The van der Waals surface area contributed by atoms with E-state index in [-0.39, 0.29) is 12.0 Å². The van der Waals surface area contributed by atoms with Crippen molar-refractivity contribution < 1.29 is 9.53 Å². The number of hydrazine groups is 1. The average Bonchev–Trinajstić information content (AvgIpc) is 2.81. The number of carbonyl (C=O) groups excluding carboxylic acids is 1. The van der Waals surface area contributed by atoms with E-state index >= 15 is 0 Å². The Morgan fingerprint density at radius 2 is 2.41 bits per heavy atom. The minimum absolute atomic E-state index is 0.0353. The fraction of sp³-hybridized carbons (Fsp3) is 0.500. The lowest BCUT2D eigenvalue weighted by molar-refractivity contribution is -0.122. The van der Waals surface area contributed by atoms with Crippen molar-refractivity contribution in [2.45, 2.75) is 25.4 Å². The summed E-state index contributed by atoms with van der Waals surface area (Å²) in [4.78, 5) is 11.5. The van der Waals surface area contributed by atoms with Crippen LogP contribution in [0.4, 0.5) is 5.82 Å². The number of hydrogen-bond donors (Lipinski definition) is 2. The van der Waals surface area contributed by atoms with Gasteiger partial charge in [-0.1, -0.05) is 11.6 Å². The van der Waals surface area contributed by atoms with Crippen molar-refractivity contribution in [1.29, 1.82) is 0 Å². The Bertz CT molecular complexity index is 378. The zero-order chi connectivity index (χ0) is 12.1. The van der Waals surface area contributed by atoms with Gasteiger partial charge in [0.15, 0.2) is 11.0 Å². The first-order chi connectivity index (χ1) is 8.24. The molecule has 1 saturated heterocycles. The number of carbonyl (C=O) groups is 1. The van der Waals surface area contributed by atoms with Crippen LogP contribution in [0.25, 0.3) is 0 Å². The van der Waals surface area contributed by atoms with Crippen LogP contribution in [0.5, 0.6) is 0 Å². The molecule has 1 aliphatic heterocycles. The monoisotopic (exact) mass is 256 g/mol. The van der Waals surface area contributed by atoms with Gasteiger partial charge in [0.2, 0.25) is 5.91 Å². The van der Waals surface area contributed by atoms with E-state index in [1.807, 2.05) is 0 Å². The van der Waals surface area contributed by atoms with Crippen LogP contribution < -0.4 is 10.9 Å². The van der Waals surface area contributed by atoms with E-state index in [4.69, 9.17) is 16.3 Å². The predicted molar refractivity (Wildman–Crippen MR) is 62.4 cm³/mol. The number of hydrogen-bond acceptors (Lipinski definition) is 5. The summed E-state index contributed by atoms with van der Waals surface area (Å²) < 4.78 is 5.36. The number of ether oxygens (including phenoxy) is 1. The molecule has 1 atom stereocenters. The minimum Gasteiger partial charge on any atom is -0.378 e. The molecule has 0 spiro atoms. The number of amides is 1. The summed E-state index contributed by atoms with van der Waals surface area (Å²) in [5, 5.41) is 7.69. The molecule has 92 valence electrons. The Balaban J connectivity index is 1.73. The molecule has 1 aliphatic rings. The molecular formula is C10H13ClN4O2. The number of halogens is 1. The Morgan fingerprint density at radius 3 is 3.06 bits per heavy atom. The van der Waals surface area contributed by atoms with Gasteiger partial charge in [0.1, 0.15) is 0 Å². The van der Waals surface area contributed by atoms with Crippen molar-refractivity contribution in [2.75, 3.05) is 12.0 Å². The maximum atomic E-state index is 11.5. The third-order valence-electron chi connectivity index (χ3n) is 2.40. The molecule has 6 nitrogen and oxygen atoms in total. The molecule has 0 aliphatic carbocycles. The second kappa shape index (κ2) is 5.79. The molecule has 0 saturated carbocycles. The summed E-state index contributed by atoms with van der Waals surface area (Å²) in [6.45, 7) is 0.744. The first-order valence-corrected chi connectivity index (χ1v) is 5.77. The molecule has 2 rings (SSSR count). The highest BCUT2D eigenvalue weighted by atomic mass is 35.5. The minimum atomic E-state index is -0.131. The van der Waals surface area contributed by atoms with Crippen LogP contribution in [-0.2, 0) is 9.53 Å². The van der Waals surface area contributed by atoms with Crippen molar-refractivity contribution >= 4 is 23.3 Å². The van der Waals surface area contributed by atoms with E-state index in [0.29, 0.717) is 17.4 Å². The number of rotatable bonds is 4. The number of aromatic nitrogens is 2. The standard InChI is InChI=1S/C10H13ClN4O2/c11-8-3-4-9(13-12-8)14-15-10(16)6-7-2-1-5-17-7/h3-4,7H,1-2,5-6H2,(H,13,14)(H,15,16). The van der Waals surface area contributed by atoms with Crippen LogP contribution in [0.1, 0.15) is 19.3 Å². The lowest BCUT2D eigenvalue weighted by Gasteiger charge is -2.10. The van der Waals surface area contributed by atoms with Crippen molar-refractivity contribution in [3.8, 4) is 0 Å². The van der Waals surface area contributed by atoms with Crippen LogP contribution in [0.3, 0.4) is 0 Å². The Labute approximate surface area is 104 Å². The van der Waals surface area contributed by atoms with Crippen LogP contribution in [0, 0.1) is 0 Å². The second-order valence-corrected chi connectivity index (χ2v) is 4.14. The van der Waals surface area contributed by atoms with E-state index in [0.717, 1.165) is 19.4 Å². The highest BCUT2D eigenvalue weighted by Crippen LogP contribution is 2.14. The topological polar surface area (TPSA) is 76.1 Å². The van der Waals surface area contributed by atoms with Gasteiger partial charge in [0.05, 0.1) is 12.5 Å². The van der Waals surface area contributed by atoms with Gasteiger partial charge in [-0.15, -0.1) is 10.2 Å². The lowest BCUT2D eigenvalue weighted by atomic mass is 10.2. The molecule has 0 radical (unpaired) electrons. The fourth-order valence-corrected chi connectivity index (χ4v) is 1.68. The quantitative estimate of drug-likeness (QED) is 0.790. The summed E-state index contributed by atoms with van der Waals surface area (Å²) in [6.07, 6.45) is 2.35. The molecular weight excluding hydrogens is 244 g/mol. The second-order valence-electron chi connectivity index (χ2n) is 3.75. The first kappa shape index (κ1) is 12.1. The number of nitrogens with zero attached hydrogens (tertiary/aromatic N) is 2. The van der Waals surface area contributed by atoms with Crippen LogP contribution in [-0.4, -0.2) is 28.8 Å². The van der Waals surface area contributed by atoms with E-state index in [2.05, 4.69) is 21.0 Å². The Morgan fingerprint density at radius 1 is 1.53 bits per heavy atom. The predicted octanol–water partition coefficient (Wildman–Crippen LogP) is 1.14. The van der Waals surface area contributed by atoms with Gasteiger partial charge < -0.3 is 4.74 Å². The number of anilines is 1. The normalized spacial score (nSPS) is 19.0. The SMILES string of the molecule is O=C(CC1CCCO1)NNc1ccc(Cl)nn1. The molecule has 1 amide bonds. The van der Waals surface area contributed by atoms with Gasteiger partial charge in [0.25, 0.3) is 0 Å². The Kier molecular flexibility index (Phi) is 4.11. The summed E-state index contributed by atoms with van der Waals surface area (Å²) >= 11 is 5.58. The largest absolute Gasteiger partial charge is 0.378 e. The van der Waals surface area contributed by atoms with E-state index in [9.17, 15) is 4.79 Å². The first-order valence-electron chi connectivity index (χ1n) is 5.40. The van der Waals surface area contributed by atoms with Crippen LogP contribution in [0.2, 0.25) is 5.15 Å². The molecule has 1 fully saturated rings. The summed E-state index contributed by atoms with van der Waals surface area (Å²) in [6, 6.07) is 3.21. The zero-order valence-electron chi connectivity index (χ0n) is 9.15. The van der Waals surface area contributed by atoms with Gasteiger partial charge in [-0.25, -0.2) is 0 Å². The lowest BCUT2D eigenvalue weighted by Crippen LogP contribution is -2.32. The van der Waals surface area contributed by atoms with Crippen molar-refractivity contribution in [3.05, 3.63) is 17.3 Å². The zero-order valence-corrected chi connectivity index (χ0v) is 9.91. The van der Waals surface area contributed by atoms with Gasteiger partial charge >= 0.3 is 0 Å². The van der Waals surface area contributed by atoms with E-state index in [1.165, 1.54) is 0 Å². The maximum absolute atomic E-state index is 11.5. The van der Waals surface area contributed by atoms with E-state index in [1.54, 1.807) is 12.1 Å². The Hall–Kier alpha value is -1.40. The van der Waals surface area contributed by atoms with Gasteiger partial charge in [-0.05, 0) is 25.0 Å². The van der Waals surface area contributed by atoms with E-state index < -0.39 is 0 Å². The third-order valence-corrected chi connectivity index (χ3v) is 2.60. The summed E-state index contributed by atoms with van der Waals surface area (Å²) in [5.74, 6) is 0.309. The molecule has 0 bridgehead atoms. The fourth-order valence-electron chi connectivity index (χ4n) is 1.58. The summed E-state index contributed by atoms with van der Waals surface area (Å²) in [5.41, 5.74) is 5.19. The van der Waals surface area contributed by atoms with Crippen molar-refractivity contribution in [1.82, 2.24) is 15.6 Å². The molecule has 1 aromatic rings.